The number of morpholine rings is 1. The van der Waals surface area contributed by atoms with Gasteiger partial charge in [0.05, 0.1) is 19.8 Å². The van der Waals surface area contributed by atoms with Crippen LogP contribution >= 0.6 is 0 Å². The van der Waals surface area contributed by atoms with Gasteiger partial charge in [0.25, 0.3) is 0 Å². The van der Waals surface area contributed by atoms with E-state index in [0.717, 1.165) is 52.4 Å². The second kappa shape index (κ2) is 8.95. The zero-order chi connectivity index (χ0) is 17.5. The van der Waals surface area contributed by atoms with Crippen molar-refractivity contribution in [3.8, 4) is 0 Å². The Bertz CT molecular complexity index is 548. The molecule has 1 N–H and O–H groups in total. The van der Waals surface area contributed by atoms with Crippen LogP contribution < -0.4 is 5.32 Å². The summed E-state index contributed by atoms with van der Waals surface area (Å²) in [5.74, 6) is 0.675. The average molecular weight is 344 g/mol. The lowest BCUT2D eigenvalue weighted by Gasteiger charge is -2.42. The van der Waals surface area contributed by atoms with Crippen LogP contribution in [0, 0.1) is 5.92 Å². The lowest BCUT2D eigenvalue weighted by atomic mass is 9.98. The minimum atomic E-state index is -0.200. The minimum Gasteiger partial charge on any atom is -0.377 e. The molecule has 3 rings (SSSR count). The Labute approximate surface area is 152 Å². The van der Waals surface area contributed by atoms with E-state index in [2.05, 4.69) is 60.5 Å². The first-order valence-corrected chi connectivity index (χ1v) is 9.56. The van der Waals surface area contributed by atoms with Crippen LogP contribution in [0.1, 0.15) is 25.8 Å². The summed E-state index contributed by atoms with van der Waals surface area (Å²) in [4.78, 5) is 2.53. The highest BCUT2D eigenvalue weighted by Crippen LogP contribution is 2.24. The Morgan fingerprint density at radius 3 is 2.92 bits per heavy atom. The van der Waals surface area contributed by atoms with Gasteiger partial charge in [-0.15, -0.1) is 0 Å². The predicted molar refractivity (Wildman–Crippen MR) is 103 cm³/mol. The van der Waals surface area contributed by atoms with E-state index >= 15 is 0 Å². The van der Waals surface area contributed by atoms with Crippen molar-refractivity contribution >= 4 is 5.57 Å². The predicted octanol–water partition coefficient (Wildman–Crippen LogP) is 2.81. The Morgan fingerprint density at radius 1 is 1.28 bits per heavy atom. The molecule has 25 heavy (non-hydrogen) atoms. The summed E-state index contributed by atoms with van der Waals surface area (Å²) in [5.41, 5.74) is 2.56. The molecular weight excluding hydrogens is 312 g/mol. The summed E-state index contributed by atoms with van der Waals surface area (Å²) in [7, 11) is 0. The molecular formula is C21H32N2O2. The molecule has 138 valence electrons. The molecule has 0 aromatic heterocycles. The van der Waals surface area contributed by atoms with Crippen molar-refractivity contribution in [3.63, 3.8) is 0 Å². The second-order valence-electron chi connectivity index (χ2n) is 7.70. The smallest absolute Gasteiger partial charge is 0.116 e. The maximum atomic E-state index is 6.15. The topological polar surface area (TPSA) is 33.7 Å². The Kier molecular flexibility index (Phi) is 6.65. The second-order valence-corrected chi connectivity index (χ2v) is 7.70. The Hall–Kier alpha value is -1.20. The number of rotatable bonds is 5. The highest BCUT2D eigenvalue weighted by Gasteiger charge is 2.38. The van der Waals surface area contributed by atoms with E-state index in [4.69, 9.17) is 9.47 Å². The van der Waals surface area contributed by atoms with Crippen LogP contribution in [0.4, 0.5) is 0 Å². The van der Waals surface area contributed by atoms with Gasteiger partial charge in [-0.05, 0) is 23.5 Å². The maximum absolute atomic E-state index is 6.15. The van der Waals surface area contributed by atoms with Gasteiger partial charge in [0, 0.05) is 32.7 Å². The van der Waals surface area contributed by atoms with E-state index < -0.39 is 0 Å². The number of allylic oxidation sites excluding steroid dienone is 1. The van der Waals surface area contributed by atoms with Gasteiger partial charge in [0.1, 0.15) is 5.60 Å². The standard InChI is InChI=1S/C21H32N2O2/c1-18(2)8-9-20(19-6-4-3-5-7-19)14-23-11-13-25-21(16-23)15-22-10-12-24-17-21/h3-7,9,18,22H,8,10-17H2,1-2H3/b20-9+. The number of hydrogen-bond donors (Lipinski definition) is 1. The molecule has 1 unspecified atom stereocenters. The molecule has 1 spiro atoms. The first kappa shape index (κ1) is 18.6. The molecule has 0 bridgehead atoms. The summed E-state index contributed by atoms with van der Waals surface area (Å²) in [6.07, 6.45) is 3.54. The quantitative estimate of drug-likeness (QED) is 0.891. The number of ether oxygens (including phenoxy) is 2. The minimum absolute atomic E-state index is 0.200. The van der Waals surface area contributed by atoms with Gasteiger partial charge in [-0.3, -0.25) is 4.90 Å². The van der Waals surface area contributed by atoms with Crippen LogP contribution in [0.5, 0.6) is 0 Å². The van der Waals surface area contributed by atoms with Crippen molar-refractivity contribution in [3.05, 3.63) is 42.0 Å². The van der Waals surface area contributed by atoms with Crippen molar-refractivity contribution in [2.45, 2.75) is 25.9 Å². The van der Waals surface area contributed by atoms with Crippen molar-refractivity contribution in [2.75, 3.05) is 52.5 Å². The molecule has 1 aromatic carbocycles. The number of benzene rings is 1. The monoisotopic (exact) mass is 344 g/mol. The summed E-state index contributed by atoms with van der Waals surface area (Å²) >= 11 is 0. The summed E-state index contributed by atoms with van der Waals surface area (Å²) in [6.45, 7) is 11.4. The van der Waals surface area contributed by atoms with E-state index in [1.807, 2.05) is 0 Å². The van der Waals surface area contributed by atoms with Gasteiger partial charge in [0.15, 0.2) is 0 Å². The molecule has 0 aliphatic carbocycles. The molecule has 2 saturated heterocycles. The van der Waals surface area contributed by atoms with Crippen LogP contribution in [-0.2, 0) is 9.47 Å². The van der Waals surface area contributed by atoms with Crippen LogP contribution in [0.2, 0.25) is 0 Å². The number of hydrogen-bond acceptors (Lipinski definition) is 4. The Morgan fingerprint density at radius 2 is 2.12 bits per heavy atom. The third-order valence-corrected chi connectivity index (χ3v) is 4.94. The molecule has 4 nitrogen and oxygen atoms in total. The number of nitrogens with zero attached hydrogens (tertiary/aromatic N) is 1. The van der Waals surface area contributed by atoms with Crippen molar-refractivity contribution in [2.24, 2.45) is 5.92 Å². The van der Waals surface area contributed by atoms with E-state index in [0.29, 0.717) is 12.5 Å². The first-order valence-electron chi connectivity index (χ1n) is 9.56. The van der Waals surface area contributed by atoms with E-state index in [1.54, 1.807) is 0 Å². The van der Waals surface area contributed by atoms with Crippen molar-refractivity contribution in [1.29, 1.82) is 0 Å². The van der Waals surface area contributed by atoms with Crippen LogP contribution in [0.25, 0.3) is 5.57 Å². The molecule has 0 radical (unpaired) electrons. The zero-order valence-corrected chi connectivity index (χ0v) is 15.7. The highest BCUT2D eigenvalue weighted by molar-refractivity contribution is 5.66. The van der Waals surface area contributed by atoms with Gasteiger partial charge < -0.3 is 14.8 Å². The van der Waals surface area contributed by atoms with Crippen LogP contribution in [0.15, 0.2) is 36.4 Å². The van der Waals surface area contributed by atoms with Gasteiger partial charge >= 0.3 is 0 Å². The third kappa shape index (κ3) is 5.38. The molecule has 2 aliphatic rings. The fraction of sp³-hybridized carbons (Fsp3) is 0.619. The molecule has 1 aromatic rings. The lowest BCUT2D eigenvalue weighted by Crippen LogP contribution is -2.58. The SMILES string of the molecule is CC(C)C/C=C(\CN1CCOC2(CNCCOC2)C1)c1ccccc1. The van der Waals surface area contributed by atoms with E-state index in [1.165, 1.54) is 11.1 Å². The Balaban J connectivity index is 1.71. The van der Waals surface area contributed by atoms with Gasteiger partial charge in [-0.1, -0.05) is 50.3 Å². The molecule has 4 heteroatoms. The molecule has 2 fully saturated rings. The molecule has 2 aliphatic heterocycles. The van der Waals surface area contributed by atoms with Crippen LogP contribution in [0.3, 0.4) is 0 Å². The van der Waals surface area contributed by atoms with Crippen molar-refractivity contribution in [1.82, 2.24) is 10.2 Å². The fourth-order valence-corrected chi connectivity index (χ4v) is 3.57. The zero-order valence-electron chi connectivity index (χ0n) is 15.7. The van der Waals surface area contributed by atoms with Gasteiger partial charge in [-0.25, -0.2) is 0 Å². The fourth-order valence-electron chi connectivity index (χ4n) is 3.57. The van der Waals surface area contributed by atoms with E-state index in [-0.39, 0.29) is 5.60 Å². The van der Waals surface area contributed by atoms with Gasteiger partial charge in [-0.2, -0.15) is 0 Å². The van der Waals surface area contributed by atoms with E-state index in [9.17, 15) is 0 Å². The molecule has 2 heterocycles. The summed E-state index contributed by atoms with van der Waals surface area (Å²) < 4.78 is 11.9. The van der Waals surface area contributed by atoms with Crippen molar-refractivity contribution < 1.29 is 9.47 Å². The normalized spacial score (nSPS) is 26.1. The lowest BCUT2D eigenvalue weighted by molar-refractivity contribution is -0.131. The number of nitrogens with one attached hydrogen (secondary N) is 1. The maximum Gasteiger partial charge on any atom is 0.116 e. The summed E-state index contributed by atoms with van der Waals surface area (Å²) in [5, 5.41) is 3.46. The largest absolute Gasteiger partial charge is 0.377 e. The van der Waals surface area contributed by atoms with Crippen LogP contribution in [-0.4, -0.2) is 63.0 Å². The summed E-state index contributed by atoms with van der Waals surface area (Å²) in [6, 6.07) is 10.8. The first-order chi connectivity index (χ1) is 12.2. The molecule has 1 atom stereocenters. The molecule has 0 saturated carbocycles. The van der Waals surface area contributed by atoms with Gasteiger partial charge in [0.2, 0.25) is 0 Å². The average Bonchev–Trinajstić information content (AvgIpc) is 2.85. The highest BCUT2D eigenvalue weighted by atomic mass is 16.5. The third-order valence-electron chi connectivity index (χ3n) is 4.94. The molecule has 0 amide bonds.